The summed E-state index contributed by atoms with van der Waals surface area (Å²) >= 11 is 0. The van der Waals surface area contributed by atoms with Gasteiger partial charge in [-0.25, -0.2) is 14.1 Å². The van der Waals surface area contributed by atoms with Crippen LogP contribution in [0.3, 0.4) is 0 Å². The number of anilines is 2. The molecule has 182 valence electrons. The smallest absolute Gasteiger partial charge is 0.336 e. The molecule has 1 fully saturated rings. The highest BCUT2D eigenvalue weighted by atomic mass is 19.1. The van der Waals surface area contributed by atoms with Crippen LogP contribution in [-0.2, 0) is 14.4 Å². The van der Waals surface area contributed by atoms with Gasteiger partial charge in [-0.2, -0.15) is 0 Å². The number of amides is 5. The minimum Gasteiger partial charge on any atom is -0.484 e. The molecular weight excluding hydrogens is 465 g/mol. The number of nitrogens with one attached hydrogen (secondary N) is 2. The molecule has 1 heterocycles. The quantitative estimate of drug-likeness (QED) is 0.402. The molecule has 0 radical (unpaired) electrons. The van der Waals surface area contributed by atoms with Gasteiger partial charge in [-0.05, 0) is 73.0 Å². The number of nitrogens with zero attached hydrogens (tertiary/aromatic N) is 1. The van der Waals surface area contributed by atoms with Crippen molar-refractivity contribution < 1.29 is 28.3 Å². The molecule has 0 unspecified atom stereocenters. The van der Waals surface area contributed by atoms with Gasteiger partial charge in [0.2, 0.25) is 0 Å². The van der Waals surface area contributed by atoms with E-state index in [-0.39, 0.29) is 23.8 Å². The maximum absolute atomic E-state index is 14.2. The van der Waals surface area contributed by atoms with Crippen LogP contribution < -0.4 is 20.3 Å². The maximum atomic E-state index is 14.2. The van der Waals surface area contributed by atoms with Crippen LogP contribution in [-0.4, -0.2) is 30.4 Å². The summed E-state index contributed by atoms with van der Waals surface area (Å²) in [5.41, 5.74) is 2.59. The van der Waals surface area contributed by atoms with Crippen LogP contribution >= 0.6 is 0 Å². The standard InChI is InChI=1S/C27H22FN3O5/c1-16-10-11-19(12-17(16)2)29-24(32)15-36-20-7-5-6-18(13-20)14-21-25(33)30-27(35)31(26(21)34)23-9-4-3-8-22(23)28/h3-14H,15H2,1-2H3,(H,29,32)(H,30,33,35)/b21-14+. The summed E-state index contributed by atoms with van der Waals surface area (Å²) in [4.78, 5) is 50.4. The second kappa shape index (κ2) is 10.2. The lowest BCUT2D eigenvalue weighted by atomic mass is 10.1. The van der Waals surface area contributed by atoms with E-state index in [1.165, 1.54) is 30.3 Å². The first kappa shape index (κ1) is 24.3. The van der Waals surface area contributed by atoms with Crippen molar-refractivity contribution in [3.8, 4) is 5.75 Å². The van der Waals surface area contributed by atoms with Crippen molar-refractivity contribution in [3.05, 3.63) is 94.8 Å². The number of hydrogen-bond acceptors (Lipinski definition) is 5. The zero-order valence-corrected chi connectivity index (χ0v) is 19.5. The summed E-state index contributed by atoms with van der Waals surface area (Å²) in [5, 5.41) is 4.81. The number of rotatable bonds is 6. The van der Waals surface area contributed by atoms with Gasteiger partial charge in [0.05, 0.1) is 5.69 Å². The second-order valence-corrected chi connectivity index (χ2v) is 8.12. The van der Waals surface area contributed by atoms with Crippen molar-refractivity contribution in [1.29, 1.82) is 0 Å². The predicted molar refractivity (Wildman–Crippen MR) is 132 cm³/mol. The van der Waals surface area contributed by atoms with Crippen molar-refractivity contribution in [3.63, 3.8) is 0 Å². The molecule has 0 bridgehead atoms. The summed E-state index contributed by atoms with van der Waals surface area (Å²) in [6.45, 7) is 3.67. The molecule has 0 saturated carbocycles. The zero-order valence-electron chi connectivity index (χ0n) is 19.5. The molecule has 36 heavy (non-hydrogen) atoms. The molecule has 1 aliphatic rings. The fourth-order valence-corrected chi connectivity index (χ4v) is 3.54. The van der Waals surface area contributed by atoms with Crippen molar-refractivity contribution >= 4 is 41.2 Å². The van der Waals surface area contributed by atoms with E-state index in [2.05, 4.69) is 5.32 Å². The van der Waals surface area contributed by atoms with Crippen LogP contribution in [0.5, 0.6) is 5.75 Å². The summed E-state index contributed by atoms with van der Waals surface area (Å²) in [5.74, 6) is -2.69. The van der Waals surface area contributed by atoms with E-state index in [9.17, 15) is 23.6 Å². The van der Waals surface area contributed by atoms with Gasteiger partial charge in [-0.3, -0.25) is 19.7 Å². The van der Waals surface area contributed by atoms with Crippen LogP contribution in [0.15, 0.2) is 72.3 Å². The first-order valence-electron chi connectivity index (χ1n) is 11.0. The maximum Gasteiger partial charge on any atom is 0.336 e. The monoisotopic (exact) mass is 487 g/mol. The number of barbiturate groups is 1. The zero-order chi connectivity index (χ0) is 25.8. The third-order valence-electron chi connectivity index (χ3n) is 5.52. The third-order valence-corrected chi connectivity index (χ3v) is 5.52. The van der Waals surface area contributed by atoms with Gasteiger partial charge in [0.1, 0.15) is 17.1 Å². The van der Waals surface area contributed by atoms with Gasteiger partial charge in [0.15, 0.2) is 6.61 Å². The molecule has 3 aromatic carbocycles. The highest BCUT2D eigenvalue weighted by Crippen LogP contribution is 2.25. The predicted octanol–water partition coefficient (Wildman–Crippen LogP) is 4.13. The Morgan fingerprint density at radius 1 is 1.00 bits per heavy atom. The second-order valence-electron chi connectivity index (χ2n) is 8.12. The molecule has 8 nitrogen and oxygen atoms in total. The number of ether oxygens (including phenoxy) is 1. The van der Waals surface area contributed by atoms with E-state index in [0.29, 0.717) is 21.9 Å². The van der Waals surface area contributed by atoms with Crippen molar-refractivity contribution in [2.75, 3.05) is 16.8 Å². The molecule has 9 heteroatoms. The largest absolute Gasteiger partial charge is 0.484 e. The van der Waals surface area contributed by atoms with Gasteiger partial charge in [-0.15, -0.1) is 0 Å². The van der Waals surface area contributed by atoms with Crippen LogP contribution in [0, 0.1) is 19.7 Å². The van der Waals surface area contributed by atoms with Gasteiger partial charge in [0, 0.05) is 5.69 Å². The number of imide groups is 2. The fourth-order valence-electron chi connectivity index (χ4n) is 3.54. The molecular formula is C27H22FN3O5. The van der Waals surface area contributed by atoms with E-state index >= 15 is 0 Å². The Kier molecular flexibility index (Phi) is 6.91. The van der Waals surface area contributed by atoms with E-state index in [0.717, 1.165) is 17.2 Å². The molecule has 5 amide bonds. The fraction of sp³-hybridized carbons (Fsp3) is 0.111. The Bertz CT molecular complexity index is 1420. The highest BCUT2D eigenvalue weighted by molar-refractivity contribution is 6.39. The number of carbonyl (C=O) groups is 4. The molecule has 0 spiro atoms. The van der Waals surface area contributed by atoms with E-state index in [1.54, 1.807) is 24.3 Å². The minimum absolute atomic E-state index is 0.262. The van der Waals surface area contributed by atoms with Gasteiger partial charge in [-0.1, -0.05) is 30.3 Å². The Hall–Kier alpha value is -4.79. The number of hydrogen-bond donors (Lipinski definition) is 2. The number of aryl methyl sites for hydroxylation is 2. The SMILES string of the molecule is Cc1ccc(NC(=O)COc2cccc(/C=C3\C(=O)NC(=O)N(c4ccccc4F)C3=O)c2)cc1C. The topological polar surface area (TPSA) is 105 Å². The number of benzene rings is 3. The Labute approximate surface area is 206 Å². The highest BCUT2D eigenvalue weighted by Gasteiger charge is 2.37. The first-order chi connectivity index (χ1) is 17.2. The summed E-state index contributed by atoms with van der Waals surface area (Å²) in [6.07, 6.45) is 1.26. The normalized spacial score (nSPS) is 14.6. The van der Waals surface area contributed by atoms with E-state index in [1.807, 2.05) is 31.3 Å². The first-order valence-corrected chi connectivity index (χ1v) is 11.0. The Balaban J connectivity index is 1.48. The molecule has 4 rings (SSSR count). The summed E-state index contributed by atoms with van der Waals surface area (Å²) < 4.78 is 19.8. The molecule has 3 aromatic rings. The lowest BCUT2D eigenvalue weighted by Crippen LogP contribution is -2.54. The number of urea groups is 1. The van der Waals surface area contributed by atoms with Crippen molar-refractivity contribution in [2.45, 2.75) is 13.8 Å². The molecule has 0 aliphatic carbocycles. The molecule has 1 aliphatic heterocycles. The average Bonchev–Trinajstić information content (AvgIpc) is 2.84. The van der Waals surface area contributed by atoms with Gasteiger partial charge < -0.3 is 10.1 Å². The lowest BCUT2D eigenvalue weighted by Gasteiger charge is -2.26. The summed E-state index contributed by atoms with van der Waals surface area (Å²) in [7, 11) is 0. The number of para-hydroxylation sites is 1. The van der Waals surface area contributed by atoms with Gasteiger partial charge in [0.25, 0.3) is 17.7 Å². The van der Waals surface area contributed by atoms with Crippen molar-refractivity contribution in [2.24, 2.45) is 0 Å². The molecule has 0 aromatic heterocycles. The van der Waals surface area contributed by atoms with Gasteiger partial charge >= 0.3 is 6.03 Å². The van der Waals surface area contributed by atoms with Crippen LogP contribution in [0.4, 0.5) is 20.6 Å². The number of halogens is 1. The lowest BCUT2D eigenvalue weighted by molar-refractivity contribution is -0.122. The Morgan fingerprint density at radius 3 is 2.53 bits per heavy atom. The number of carbonyl (C=O) groups excluding carboxylic acids is 4. The summed E-state index contributed by atoms with van der Waals surface area (Å²) in [6, 6.07) is 16.2. The van der Waals surface area contributed by atoms with Crippen LogP contribution in [0.1, 0.15) is 16.7 Å². The Morgan fingerprint density at radius 2 is 1.78 bits per heavy atom. The minimum atomic E-state index is -1.04. The molecule has 2 N–H and O–H groups in total. The van der Waals surface area contributed by atoms with Crippen molar-refractivity contribution in [1.82, 2.24) is 5.32 Å². The van der Waals surface area contributed by atoms with E-state index < -0.39 is 23.7 Å². The molecule has 0 atom stereocenters. The third kappa shape index (κ3) is 5.30. The van der Waals surface area contributed by atoms with Crippen LogP contribution in [0.2, 0.25) is 0 Å². The average molecular weight is 487 g/mol. The molecule has 1 saturated heterocycles. The van der Waals surface area contributed by atoms with Crippen LogP contribution in [0.25, 0.3) is 6.08 Å². The van der Waals surface area contributed by atoms with E-state index in [4.69, 9.17) is 4.74 Å².